The van der Waals surface area contributed by atoms with Crippen LogP contribution in [-0.2, 0) is 6.42 Å². The van der Waals surface area contributed by atoms with Crippen LogP contribution in [0.5, 0.6) is 5.88 Å². The number of aliphatic hydroxyl groups is 1. The van der Waals surface area contributed by atoms with Gasteiger partial charge >= 0.3 is 0 Å². The van der Waals surface area contributed by atoms with Crippen LogP contribution in [0.2, 0.25) is 0 Å². The number of hydrogen-bond acceptors (Lipinski definition) is 4. The zero-order valence-electron chi connectivity index (χ0n) is 14.2. The maximum Gasteiger partial charge on any atom is 0.213 e. The number of rotatable bonds is 6. The highest BCUT2D eigenvalue weighted by Gasteiger charge is 2.27. The van der Waals surface area contributed by atoms with Gasteiger partial charge in [-0.2, -0.15) is 5.10 Å². The van der Waals surface area contributed by atoms with Crippen LogP contribution in [0.25, 0.3) is 16.9 Å². The highest BCUT2D eigenvalue weighted by Crippen LogP contribution is 2.41. The first kappa shape index (κ1) is 15.8. The molecule has 0 amide bonds. The van der Waals surface area contributed by atoms with Gasteiger partial charge in [-0.15, -0.1) is 0 Å². The number of methoxy groups -OCH3 is 1. The zero-order chi connectivity index (χ0) is 17.2. The maximum absolute atomic E-state index is 9.08. The monoisotopic (exact) mass is 335 g/mol. The van der Waals surface area contributed by atoms with Gasteiger partial charge in [0.2, 0.25) is 5.88 Å². The molecule has 0 radical (unpaired) electrons. The predicted octanol–water partition coefficient (Wildman–Crippen LogP) is 3.36. The molecule has 0 unspecified atom stereocenters. The second kappa shape index (κ2) is 6.69. The average molecular weight is 335 g/mol. The molecule has 3 aromatic rings. The topological polar surface area (TPSA) is 60.2 Å². The summed E-state index contributed by atoms with van der Waals surface area (Å²) in [5.74, 6) is 1.17. The molecule has 1 aliphatic rings. The van der Waals surface area contributed by atoms with Gasteiger partial charge in [-0.05, 0) is 37.0 Å². The molecule has 25 heavy (non-hydrogen) atoms. The Morgan fingerprint density at radius 1 is 1.16 bits per heavy atom. The highest BCUT2D eigenvalue weighted by molar-refractivity contribution is 5.63. The molecule has 2 heterocycles. The van der Waals surface area contributed by atoms with Crippen molar-refractivity contribution in [2.45, 2.75) is 25.2 Å². The first-order valence-electron chi connectivity index (χ1n) is 8.59. The van der Waals surface area contributed by atoms with Gasteiger partial charge in [-0.25, -0.2) is 9.67 Å². The Morgan fingerprint density at radius 3 is 2.56 bits per heavy atom. The van der Waals surface area contributed by atoms with E-state index in [1.165, 1.54) is 12.8 Å². The molecule has 1 N–H and O–H groups in total. The Balaban J connectivity index is 1.74. The smallest absolute Gasteiger partial charge is 0.213 e. The third kappa shape index (κ3) is 3.28. The van der Waals surface area contributed by atoms with E-state index in [1.807, 2.05) is 16.8 Å². The molecule has 1 aliphatic carbocycles. The van der Waals surface area contributed by atoms with Gasteiger partial charge in [0, 0.05) is 24.2 Å². The number of nitrogens with zero attached hydrogens (tertiary/aromatic N) is 3. The molecule has 5 heteroatoms. The van der Waals surface area contributed by atoms with Gasteiger partial charge < -0.3 is 9.84 Å². The van der Waals surface area contributed by atoms with Crippen LogP contribution in [0.15, 0.2) is 48.7 Å². The van der Waals surface area contributed by atoms with Gasteiger partial charge in [0.25, 0.3) is 0 Å². The first-order valence-corrected chi connectivity index (χ1v) is 8.59. The van der Waals surface area contributed by atoms with Gasteiger partial charge in [0.1, 0.15) is 0 Å². The van der Waals surface area contributed by atoms with Crippen LogP contribution in [0.1, 0.15) is 30.0 Å². The minimum Gasteiger partial charge on any atom is -0.481 e. The SMILES string of the molecule is COc1ccc(-n2nc(C3CC3)cc2-c2ccc(CCO)cc2)cn1. The lowest BCUT2D eigenvalue weighted by molar-refractivity contribution is 0.299. The third-order valence-electron chi connectivity index (χ3n) is 4.55. The van der Waals surface area contributed by atoms with Crippen LogP contribution in [0.3, 0.4) is 0 Å². The summed E-state index contributed by atoms with van der Waals surface area (Å²) in [4.78, 5) is 4.31. The summed E-state index contributed by atoms with van der Waals surface area (Å²) in [7, 11) is 1.61. The fraction of sp³-hybridized carbons (Fsp3) is 0.300. The first-order chi connectivity index (χ1) is 12.3. The zero-order valence-corrected chi connectivity index (χ0v) is 14.2. The molecule has 128 valence electrons. The molecule has 5 nitrogen and oxygen atoms in total. The summed E-state index contributed by atoms with van der Waals surface area (Å²) < 4.78 is 7.11. The van der Waals surface area contributed by atoms with E-state index < -0.39 is 0 Å². The molecule has 0 bridgehead atoms. The van der Waals surface area contributed by atoms with E-state index in [0.717, 1.165) is 28.2 Å². The minimum atomic E-state index is 0.167. The minimum absolute atomic E-state index is 0.167. The van der Waals surface area contributed by atoms with Crippen LogP contribution >= 0.6 is 0 Å². The Bertz CT molecular complexity index is 850. The number of hydrogen-bond donors (Lipinski definition) is 1. The Hall–Kier alpha value is -2.66. The lowest BCUT2D eigenvalue weighted by Crippen LogP contribution is -2.01. The molecular formula is C20H21N3O2. The van der Waals surface area contributed by atoms with Gasteiger partial charge in [0.15, 0.2) is 0 Å². The molecule has 0 atom stereocenters. The molecule has 0 spiro atoms. The second-order valence-electron chi connectivity index (χ2n) is 6.37. The van der Waals surface area contributed by atoms with Gasteiger partial charge in [-0.3, -0.25) is 0 Å². The number of aliphatic hydroxyl groups excluding tert-OH is 1. The summed E-state index contributed by atoms with van der Waals surface area (Å²) in [6.07, 6.45) is 4.89. The second-order valence-corrected chi connectivity index (χ2v) is 6.37. The average Bonchev–Trinajstić information content (AvgIpc) is 3.42. The summed E-state index contributed by atoms with van der Waals surface area (Å²) in [6, 6.07) is 14.3. The summed E-state index contributed by atoms with van der Waals surface area (Å²) in [5, 5.41) is 13.9. The molecule has 4 rings (SSSR count). The Morgan fingerprint density at radius 2 is 1.96 bits per heavy atom. The fourth-order valence-electron chi connectivity index (χ4n) is 2.97. The van der Waals surface area contributed by atoms with E-state index in [4.69, 9.17) is 14.9 Å². The van der Waals surface area contributed by atoms with Crippen molar-refractivity contribution >= 4 is 0 Å². The van der Waals surface area contributed by atoms with Crippen molar-refractivity contribution in [3.05, 3.63) is 59.9 Å². The van der Waals surface area contributed by atoms with E-state index in [1.54, 1.807) is 13.3 Å². The number of pyridine rings is 1. The van der Waals surface area contributed by atoms with Crippen molar-refractivity contribution in [1.29, 1.82) is 0 Å². The Labute approximate surface area is 146 Å². The molecule has 1 fully saturated rings. The van der Waals surface area contributed by atoms with Crippen molar-refractivity contribution in [3.8, 4) is 22.8 Å². The van der Waals surface area contributed by atoms with Crippen molar-refractivity contribution in [1.82, 2.24) is 14.8 Å². The van der Waals surface area contributed by atoms with E-state index in [0.29, 0.717) is 18.2 Å². The molecule has 1 aromatic carbocycles. The van der Waals surface area contributed by atoms with E-state index >= 15 is 0 Å². The van der Waals surface area contributed by atoms with E-state index in [2.05, 4.69) is 35.3 Å². The summed E-state index contributed by atoms with van der Waals surface area (Å²) in [6.45, 7) is 0.167. The lowest BCUT2D eigenvalue weighted by atomic mass is 10.1. The molecule has 0 aliphatic heterocycles. The predicted molar refractivity (Wildman–Crippen MR) is 96.1 cm³/mol. The normalized spacial score (nSPS) is 13.8. The van der Waals surface area contributed by atoms with Crippen molar-refractivity contribution in [3.63, 3.8) is 0 Å². The number of ether oxygens (including phenoxy) is 1. The fourth-order valence-corrected chi connectivity index (χ4v) is 2.97. The number of benzene rings is 1. The molecule has 1 saturated carbocycles. The van der Waals surface area contributed by atoms with Crippen LogP contribution in [-0.4, -0.2) is 33.6 Å². The molecule has 2 aromatic heterocycles. The molecule has 0 saturated heterocycles. The van der Waals surface area contributed by atoms with Crippen LogP contribution in [0.4, 0.5) is 0 Å². The van der Waals surface area contributed by atoms with Crippen molar-refractivity contribution in [2.75, 3.05) is 13.7 Å². The quantitative estimate of drug-likeness (QED) is 0.750. The summed E-state index contributed by atoms with van der Waals surface area (Å²) >= 11 is 0. The van der Waals surface area contributed by atoms with Crippen LogP contribution in [0, 0.1) is 0 Å². The highest BCUT2D eigenvalue weighted by atomic mass is 16.5. The molecular weight excluding hydrogens is 314 g/mol. The lowest BCUT2D eigenvalue weighted by Gasteiger charge is -2.08. The maximum atomic E-state index is 9.08. The van der Waals surface area contributed by atoms with Gasteiger partial charge in [-0.1, -0.05) is 24.3 Å². The van der Waals surface area contributed by atoms with E-state index in [-0.39, 0.29) is 6.61 Å². The standard InChI is InChI=1S/C20H21N3O2/c1-25-20-9-8-17(13-21-20)23-19(12-18(22-23)15-6-7-15)16-4-2-14(3-5-16)10-11-24/h2-5,8-9,12-13,15,24H,6-7,10-11H2,1H3. The third-order valence-corrected chi connectivity index (χ3v) is 4.55. The van der Waals surface area contributed by atoms with Crippen molar-refractivity contribution in [2.24, 2.45) is 0 Å². The summed E-state index contributed by atoms with van der Waals surface area (Å²) in [5.41, 5.74) is 5.36. The van der Waals surface area contributed by atoms with E-state index in [9.17, 15) is 0 Å². The Kier molecular flexibility index (Phi) is 4.24. The van der Waals surface area contributed by atoms with Gasteiger partial charge in [0.05, 0.1) is 30.4 Å². The van der Waals surface area contributed by atoms with Crippen LogP contribution < -0.4 is 4.74 Å². The van der Waals surface area contributed by atoms with Crippen molar-refractivity contribution < 1.29 is 9.84 Å². The largest absolute Gasteiger partial charge is 0.481 e. The number of aromatic nitrogens is 3.